The van der Waals surface area contributed by atoms with E-state index >= 15 is 0 Å². The summed E-state index contributed by atoms with van der Waals surface area (Å²) in [5.41, 5.74) is 1.04. The molecule has 0 saturated carbocycles. The van der Waals surface area contributed by atoms with Gasteiger partial charge in [0.1, 0.15) is 0 Å². The van der Waals surface area contributed by atoms with E-state index in [1.807, 2.05) is 24.3 Å². The summed E-state index contributed by atoms with van der Waals surface area (Å²) >= 11 is 6.06. The molecule has 4 rings (SSSR count). The summed E-state index contributed by atoms with van der Waals surface area (Å²) in [6.07, 6.45) is 1.24. The normalized spacial score (nSPS) is 22.3. The highest BCUT2D eigenvalue weighted by Gasteiger charge is 2.42. The highest BCUT2D eigenvalue weighted by Crippen LogP contribution is 2.31. The number of ether oxygens (including phenoxy) is 2. The van der Waals surface area contributed by atoms with Crippen LogP contribution in [0.3, 0.4) is 0 Å². The molecule has 0 aliphatic carbocycles. The molecule has 27 heavy (non-hydrogen) atoms. The SMILES string of the molecule is O=C(C(=O)N1CCC2(CC1)OCCO2)N1CCN(c2cccc(Cl)c2)CC1. The van der Waals surface area contributed by atoms with Crippen molar-refractivity contribution in [1.82, 2.24) is 9.80 Å². The van der Waals surface area contributed by atoms with Gasteiger partial charge in [0, 0.05) is 62.8 Å². The second-order valence-corrected chi connectivity index (χ2v) is 7.60. The summed E-state index contributed by atoms with van der Waals surface area (Å²) in [5, 5.41) is 0.694. The van der Waals surface area contributed by atoms with Gasteiger partial charge in [-0.3, -0.25) is 9.59 Å². The van der Waals surface area contributed by atoms with Crippen molar-refractivity contribution in [3.8, 4) is 0 Å². The maximum atomic E-state index is 12.6. The number of amides is 2. The first-order valence-corrected chi connectivity index (χ1v) is 9.81. The van der Waals surface area contributed by atoms with Gasteiger partial charge in [0.2, 0.25) is 0 Å². The lowest BCUT2D eigenvalue weighted by atomic mass is 10.0. The number of piperidine rings is 1. The van der Waals surface area contributed by atoms with Gasteiger partial charge in [0.15, 0.2) is 5.79 Å². The van der Waals surface area contributed by atoms with Gasteiger partial charge in [-0.05, 0) is 18.2 Å². The molecule has 1 aromatic rings. The van der Waals surface area contributed by atoms with E-state index in [4.69, 9.17) is 21.1 Å². The third kappa shape index (κ3) is 3.90. The van der Waals surface area contributed by atoms with Crippen LogP contribution in [0, 0.1) is 0 Å². The summed E-state index contributed by atoms with van der Waals surface area (Å²) in [5.74, 6) is -1.37. The molecule has 3 fully saturated rings. The molecule has 0 radical (unpaired) electrons. The number of piperazine rings is 1. The first-order chi connectivity index (χ1) is 13.1. The van der Waals surface area contributed by atoms with Crippen LogP contribution in [0.2, 0.25) is 5.02 Å². The Labute approximate surface area is 163 Å². The van der Waals surface area contributed by atoms with Crippen LogP contribution >= 0.6 is 11.6 Å². The van der Waals surface area contributed by atoms with Crippen LogP contribution < -0.4 is 4.90 Å². The van der Waals surface area contributed by atoms with Gasteiger partial charge in [-0.25, -0.2) is 0 Å². The molecule has 3 aliphatic heterocycles. The Morgan fingerprint density at radius 1 is 0.889 bits per heavy atom. The Morgan fingerprint density at radius 3 is 2.07 bits per heavy atom. The lowest BCUT2D eigenvalue weighted by Gasteiger charge is -2.39. The van der Waals surface area contributed by atoms with Crippen molar-refractivity contribution in [2.75, 3.05) is 57.4 Å². The van der Waals surface area contributed by atoms with Gasteiger partial charge in [-0.2, -0.15) is 0 Å². The van der Waals surface area contributed by atoms with Crippen LogP contribution in [0.5, 0.6) is 0 Å². The molecule has 0 N–H and O–H groups in total. The fraction of sp³-hybridized carbons (Fsp3) is 0.579. The van der Waals surface area contributed by atoms with Crippen LogP contribution in [-0.2, 0) is 19.1 Å². The number of rotatable bonds is 1. The molecule has 146 valence electrons. The van der Waals surface area contributed by atoms with Gasteiger partial charge >= 0.3 is 11.8 Å². The van der Waals surface area contributed by atoms with Crippen molar-refractivity contribution in [1.29, 1.82) is 0 Å². The van der Waals surface area contributed by atoms with E-state index in [9.17, 15) is 9.59 Å². The number of carbonyl (C=O) groups is 2. The Balaban J connectivity index is 1.29. The van der Waals surface area contributed by atoms with E-state index in [0.717, 1.165) is 5.69 Å². The van der Waals surface area contributed by atoms with Crippen molar-refractivity contribution in [2.45, 2.75) is 18.6 Å². The van der Waals surface area contributed by atoms with Crippen molar-refractivity contribution in [3.05, 3.63) is 29.3 Å². The third-order valence-corrected chi connectivity index (χ3v) is 5.78. The van der Waals surface area contributed by atoms with Crippen LogP contribution in [0.25, 0.3) is 0 Å². The topological polar surface area (TPSA) is 62.3 Å². The summed E-state index contributed by atoms with van der Waals surface area (Å²) in [4.78, 5) is 30.7. The maximum Gasteiger partial charge on any atom is 0.312 e. The fourth-order valence-electron chi connectivity index (χ4n) is 3.95. The van der Waals surface area contributed by atoms with Crippen molar-refractivity contribution in [3.63, 3.8) is 0 Å². The minimum atomic E-state index is -0.539. The number of benzene rings is 1. The van der Waals surface area contributed by atoms with Gasteiger partial charge in [0.05, 0.1) is 13.2 Å². The van der Waals surface area contributed by atoms with Crippen LogP contribution in [0.1, 0.15) is 12.8 Å². The summed E-state index contributed by atoms with van der Waals surface area (Å²) in [7, 11) is 0. The zero-order valence-electron chi connectivity index (χ0n) is 15.2. The third-order valence-electron chi connectivity index (χ3n) is 5.55. The summed E-state index contributed by atoms with van der Waals surface area (Å²) in [6, 6.07) is 7.68. The van der Waals surface area contributed by atoms with Gasteiger partial charge in [0.25, 0.3) is 0 Å². The predicted octanol–water partition coefficient (Wildman–Crippen LogP) is 1.35. The summed E-state index contributed by atoms with van der Waals surface area (Å²) in [6.45, 7) is 4.62. The van der Waals surface area contributed by atoms with Crippen molar-refractivity contribution < 1.29 is 19.1 Å². The molecule has 0 aromatic heterocycles. The number of hydrogen-bond donors (Lipinski definition) is 0. The molecular weight excluding hydrogens is 370 g/mol. The number of likely N-dealkylation sites (tertiary alicyclic amines) is 1. The standard InChI is InChI=1S/C19H24ClN3O4/c20-15-2-1-3-16(14-15)21-8-10-23(11-9-21)18(25)17(24)22-6-4-19(5-7-22)26-12-13-27-19/h1-3,14H,4-13H2. The van der Waals surface area contributed by atoms with E-state index < -0.39 is 17.6 Å². The van der Waals surface area contributed by atoms with Gasteiger partial charge in [-0.1, -0.05) is 17.7 Å². The van der Waals surface area contributed by atoms with E-state index in [1.54, 1.807) is 9.80 Å². The number of carbonyl (C=O) groups excluding carboxylic acids is 2. The zero-order chi connectivity index (χ0) is 18.9. The average molecular weight is 394 g/mol. The van der Waals surface area contributed by atoms with Crippen molar-refractivity contribution >= 4 is 29.1 Å². The number of hydrogen-bond acceptors (Lipinski definition) is 5. The van der Waals surface area contributed by atoms with E-state index in [1.165, 1.54) is 0 Å². The van der Waals surface area contributed by atoms with E-state index in [2.05, 4.69) is 4.90 Å². The number of halogens is 1. The Bertz CT molecular complexity index is 705. The minimum Gasteiger partial charge on any atom is -0.368 e. The van der Waals surface area contributed by atoms with Crippen molar-refractivity contribution in [2.24, 2.45) is 0 Å². The maximum absolute atomic E-state index is 12.6. The first kappa shape index (κ1) is 18.5. The molecule has 8 heteroatoms. The second-order valence-electron chi connectivity index (χ2n) is 7.16. The van der Waals surface area contributed by atoms with Crippen LogP contribution in [-0.4, -0.2) is 79.9 Å². The summed E-state index contributed by atoms with van der Waals surface area (Å²) < 4.78 is 11.4. The lowest BCUT2D eigenvalue weighted by molar-refractivity contribution is -0.188. The minimum absolute atomic E-state index is 0.412. The fourth-order valence-corrected chi connectivity index (χ4v) is 4.13. The quantitative estimate of drug-likeness (QED) is 0.674. The molecule has 0 bridgehead atoms. The molecule has 0 atom stereocenters. The smallest absolute Gasteiger partial charge is 0.312 e. The first-order valence-electron chi connectivity index (χ1n) is 9.43. The molecule has 2 amide bonds. The van der Waals surface area contributed by atoms with E-state index in [-0.39, 0.29) is 0 Å². The predicted molar refractivity (Wildman–Crippen MR) is 101 cm³/mol. The molecular formula is C19H24ClN3O4. The molecule has 0 unspecified atom stereocenters. The molecule has 3 heterocycles. The largest absolute Gasteiger partial charge is 0.368 e. The highest BCUT2D eigenvalue weighted by atomic mass is 35.5. The number of nitrogens with zero attached hydrogens (tertiary/aromatic N) is 3. The highest BCUT2D eigenvalue weighted by molar-refractivity contribution is 6.35. The molecule has 3 saturated heterocycles. The molecule has 1 spiro atoms. The average Bonchev–Trinajstić information content (AvgIpc) is 3.15. The van der Waals surface area contributed by atoms with Gasteiger partial charge < -0.3 is 24.2 Å². The monoisotopic (exact) mass is 393 g/mol. The van der Waals surface area contributed by atoms with Crippen LogP contribution in [0.4, 0.5) is 5.69 Å². The Morgan fingerprint density at radius 2 is 1.48 bits per heavy atom. The second kappa shape index (κ2) is 7.66. The Hall–Kier alpha value is -1.83. The number of anilines is 1. The molecule has 1 aromatic carbocycles. The van der Waals surface area contributed by atoms with Gasteiger partial charge in [-0.15, -0.1) is 0 Å². The lowest BCUT2D eigenvalue weighted by Crippen LogP contribution is -2.55. The van der Waals surface area contributed by atoms with Crippen LogP contribution in [0.15, 0.2) is 24.3 Å². The zero-order valence-corrected chi connectivity index (χ0v) is 16.0. The molecule has 7 nitrogen and oxygen atoms in total. The van der Waals surface area contributed by atoms with E-state index in [0.29, 0.717) is 70.3 Å². The Kier molecular flexibility index (Phi) is 5.25. The molecule has 3 aliphatic rings.